The van der Waals surface area contributed by atoms with Gasteiger partial charge >= 0.3 is 11.8 Å². The number of aromatic amines is 1. The maximum absolute atomic E-state index is 15.8. The van der Waals surface area contributed by atoms with Crippen molar-refractivity contribution in [3.63, 3.8) is 0 Å². The van der Waals surface area contributed by atoms with Gasteiger partial charge in [0.25, 0.3) is 0 Å². The summed E-state index contributed by atoms with van der Waals surface area (Å²) in [6, 6.07) is 6.47. The van der Waals surface area contributed by atoms with Crippen molar-refractivity contribution in [3.05, 3.63) is 63.0 Å². The van der Waals surface area contributed by atoms with Gasteiger partial charge in [0.2, 0.25) is 11.9 Å². The first kappa shape index (κ1) is 21.5. The number of benzene rings is 2. The number of carbonyl (C=O) groups excluding carboxylic acids is 1. The predicted octanol–water partition coefficient (Wildman–Crippen LogP) is 2.95. The highest BCUT2D eigenvalue weighted by atomic mass is 35.5. The topological polar surface area (TPSA) is 120 Å². The first-order chi connectivity index (χ1) is 15.0. The van der Waals surface area contributed by atoms with Crippen molar-refractivity contribution in [1.29, 1.82) is 0 Å². The van der Waals surface area contributed by atoms with Crippen molar-refractivity contribution in [2.24, 2.45) is 4.99 Å². The fourth-order valence-corrected chi connectivity index (χ4v) is 3.87. The molecule has 4 rings (SSSR count). The second-order valence-corrected chi connectivity index (χ2v) is 7.89. The highest BCUT2D eigenvalue weighted by Gasteiger charge is 2.40. The number of guanidine groups is 1. The summed E-state index contributed by atoms with van der Waals surface area (Å²) in [4.78, 5) is 43.8. The highest BCUT2D eigenvalue weighted by molar-refractivity contribution is 6.31. The molecule has 1 aliphatic heterocycles. The molecule has 0 saturated heterocycles. The maximum Gasteiger partial charge on any atom is 0.411 e. The minimum atomic E-state index is -1.57. The highest BCUT2D eigenvalue weighted by Crippen LogP contribution is 2.37. The van der Waals surface area contributed by atoms with Crippen LogP contribution >= 0.6 is 11.6 Å². The standard InChI is InChI=1S/C20H16ClF2N5O4/c1-20(8-14(29)27(2)17(26-20)25-19(31)32)10-4-5-11(22)16(15(10)23)28-13-7-9(21)3-6-12(13)24-18(28)30/h3-7H,8H2,1-2H3,(H,24,30)(H,25,26)(H,31,32)/t20-/m0/s1. The Morgan fingerprint density at radius 2 is 2.00 bits per heavy atom. The van der Waals surface area contributed by atoms with Gasteiger partial charge in [0.1, 0.15) is 11.5 Å². The molecule has 3 N–H and O–H groups in total. The second-order valence-electron chi connectivity index (χ2n) is 7.45. The summed E-state index contributed by atoms with van der Waals surface area (Å²) in [5.74, 6) is -2.98. The van der Waals surface area contributed by atoms with E-state index in [0.717, 1.165) is 21.6 Å². The molecule has 166 valence electrons. The maximum atomic E-state index is 15.8. The molecule has 0 fully saturated rings. The summed E-state index contributed by atoms with van der Waals surface area (Å²) in [5, 5.41) is 11.3. The van der Waals surface area contributed by atoms with Crippen LogP contribution in [0.25, 0.3) is 16.7 Å². The third kappa shape index (κ3) is 3.40. The van der Waals surface area contributed by atoms with Gasteiger partial charge in [-0.1, -0.05) is 17.7 Å². The van der Waals surface area contributed by atoms with Crippen LogP contribution in [-0.4, -0.2) is 44.6 Å². The number of carbonyl (C=O) groups is 2. The number of H-pyrrole nitrogens is 1. The van der Waals surface area contributed by atoms with Crippen LogP contribution in [0.4, 0.5) is 13.6 Å². The average Bonchev–Trinajstić information content (AvgIpc) is 3.00. The lowest BCUT2D eigenvalue weighted by molar-refractivity contribution is -0.128. The first-order valence-corrected chi connectivity index (χ1v) is 9.65. The first-order valence-electron chi connectivity index (χ1n) is 9.27. The Balaban J connectivity index is 1.96. The largest absolute Gasteiger partial charge is 0.465 e. The zero-order chi connectivity index (χ0) is 23.4. The number of fused-ring (bicyclic) bond motifs is 1. The lowest BCUT2D eigenvalue weighted by atomic mass is 9.86. The van der Waals surface area contributed by atoms with Gasteiger partial charge in [0.05, 0.1) is 23.0 Å². The van der Waals surface area contributed by atoms with Crippen LogP contribution in [-0.2, 0) is 10.3 Å². The summed E-state index contributed by atoms with van der Waals surface area (Å²) in [6.45, 7) is 1.41. The number of imidazole rings is 1. The molecule has 0 bridgehead atoms. The number of rotatable bonds is 2. The molecule has 0 unspecified atom stereocenters. The van der Waals surface area contributed by atoms with E-state index in [2.05, 4.69) is 9.98 Å². The molecule has 0 saturated carbocycles. The molecular formula is C20H16ClF2N5O4. The zero-order valence-corrected chi connectivity index (χ0v) is 17.5. The van der Waals surface area contributed by atoms with Crippen LogP contribution in [0.3, 0.4) is 0 Å². The van der Waals surface area contributed by atoms with Gasteiger partial charge < -0.3 is 10.1 Å². The van der Waals surface area contributed by atoms with Crippen molar-refractivity contribution < 1.29 is 23.5 Å². The number of nitrogens with zero attached hydrogens (tertiary/aromatic N) is 3. The number of carboxylic acid groups (broad SMARTS) is 1. The smallest absolute Gasteiger partial charge is 0.411 e. The fourth-order valence-electron chi connectivity index (χ4n) is 3.70. The molecule has 0 aliphatic carbocycles. The summed E-state index contributed by atoms with van der Waals surface area (Å²) < 4.78 is 31.4. The lowest BCUT2D eigenvalue weighted by Gasteiger charge is -2.35. The van der Waals surface area contributed by atoms with Crippen LogP contribution in [0, 0.1) is 11.6 Å². The molecule has 0 spiro atoms. The average molecular weight is 464 g/mol. The van der Waals surface area contributed by atoms with Crippen molar-refractivity contribution >= 4 is 40.6 Å². The molecular weight excluding hydrogens is 448 g/mol. The number of hydrogen-bond acceptors (Lipinski definition) is 4. The molecule has 9 nitrogen and oxygen atoms in total. The monoisotopic (exact) mass is 463 g/mol. The number of amides is 2. The van der Waals surface area contributed by atoms with Crippen molar-refractivity contribution in [2.75, 3.05) is 7.05 Å². The molecule has 2 aromatic carbocycles. The van der Waals surface area contributed by atoms with E-state index in [1.807, 2.05) is 5.32 Å². The molecule has 3 aromatic rings. The number of nitrogens with one attached hydrogen (secondary N) is 2. The van der Waals surface area contributed by atoms with Crippen molar-refractivity contribution in [3.8, 4) is 5.69 Å². The quantitative estimate of drug-likeness (QED) is 0.541. The SMILES string of the molecule is CN1C(=O)C[C@@](C)(c2ccc(F)c(-n3c(=O)[nH]c4ccc(Cl)cc43)c2F)N=C1NC(=O)O. The fraction of sp³-hybridized carbons (Fsp3) is 0.200. The number of hydrogen-bond donors (Lipinski definition) is 3. The van der Waals surface area contributed by atoms with Crippen LogP contribution in [0.1, 0.15) is 18.9 Å². The third-order valence-electron chi connectivity index (χ3n) is 5.27. The Morgan fingerprint density at radius 1 is 1.28 bits per heavy atom. The Bertz CT molecular complexity index is 1380. The number of aromatic nitrogens is 2. The molecule has 1 atom stereocenters. The van der Waals surface area contributed by atoms with E-state index in [9.17, 15) is 18.8 Å². The van der Waals surface area contributed by atoms with Gasteiger partial charge in [-0.2, -0.15) is 0 Å². The van der Waals surface area contributed by atoms with Crippen LogP contribution in [0.2, 0.25) is 5.02 Å². The van der Waals surface area contributed by atoms with E-state index in [1.54, 1.807) is 0 Å². The zero-order valence-electron chi connectivity index (χ0n) is 16.7. The molecule has 1 aromatic heterocycles. The van der Waals surface area contributed by atoms with Gasteiger partial charge in [-0.15, -0.1) is 0 Å². The minimum absolute atomic E-state index is 0.152. The third-order valence-corrected chi connectivity index (χ3v) is 5.51. The Labute approximate surface area is 183 Å². The van der Waals surface area contributed by atoms with E-state index < -0.39 is 40.6 Å². The van der Waals surface area contributed by atoms with Crippen LogP contribution < -0.4 is 11.0 Å². The number of halogens is 3. The molecule has 12 heteroatoms. The summed E-state index contributed by atoms with van der Waals surface area (Å²) in [7, 11) is 1.32. The van der Waals surface area contributed by atoms with Gasteiger partial charge in [0, 0.05) is 17.6 Å². The van der Waals surface area contributed by atoms with E-state index in [-0.39, 0.29) is 28.5 Å². The summed E-state index contributed by atoms with van der Waals surface area (Å²) in [5.41, 5.74) is -2.76. The Hall–Kier alpha value is -3.73. The Morgan fingerprint density at radius 3 is 2.69 bits per heavy atom. The van der Waals surface area contributed by atoms with Gasteiger partial charge in [-0.3, -0.25) is 19.6 Å². The normalized spacial score (nSPS) is 18.7. The predicted molar refractivity (Wildman–Crippen MR) is 112 cm³/mol. The van der Waals surface area contributed by atoms with Crippen molar-refractivity contribution in [2.45, 2.75) is 18.9 Å². The van der Waals surface area contributed by atoms with Crippen LogP contribution in [0.5, 0.6) is 0 Å². The Kier molecular flexibility index (Phi) is 5.00. The van der Waals surface area contributed by atoms with E-state index >= 15 is 4.39 Å². The molecule has 0 radical (unpaired) electrons. The van der Waals surface area contributed by atoms with Gasteiger partial charge in [-0.25, -0.2) is 23.4 Å². The number of aliphatic imine (C=N–C) groups is 1. The minimum Gasteiger partial charge on any atom is -0.465 e. The van der Waals surface area contributed by atoms with Crippen molar-refractivity contribution in [1.82, 2.24) is 19.8 Å². The molecule has 1 aliphatic rings. The molecule has 2 heterocycles. The van der Waals surface area contributed by atoms with Gasteiger partial charge in [-0.05, 0) is 31.2 Å². The second kappa shape index (κ2) is 7.45. The summed E-state index contributed by atoms with van der Waals surface area (Å²) in [6.07, 6.45) is -1.78. The molecule has 32 heavy (non-hydrogen) atoms. The summed E-state index contributed by atoms with van der Waals surface area (Å²) >= 11 is 6.00. The van der Waals surface area contributed by atoms with Crippen LogP contribution in [0.15, 0.2) is 40.1 Å². The van der Waals surface area contributed by atoms with E-state index in [0.29, 0.717) is 5.52 Å². The lowest BCUT2D eigenvalue weighted by Crippen LogP contribution is -2.51. The van der Waals surface area contributed by atoms with E-state index in [4.69, 9.17) is 16.7 Å². The molecule has 2 amide bonds. The van der Waals surface area contributed by atoms with E-state index in [1.165, 1.54) is 32.2 Å². The van der Waals surface area contributed by atoms with Gasteiger partial charge in [0.15, 0.2) is 5.82 Å².